The van der Waals surface area contributed by atoms with Crippen molar-refractivity contribution in [3.8, 4) is 5.75 Å². The fourth-order valence-electron chi connectivity index (χ4n) is 6.00. The van der Waals surface area contributed by atoms with Gasteiger partial charge in [-0.1, -0.05) is 0 Å². The second-order valence-electron chi connectivity index (χ2n) is 11.1. The lowest BCUT2D eigenvalue weighted by Gasteiger charge is -2.41. The molecule has 6 nitrogen and oxygen atoms in total. The molecule has 1 aromatic heterocycles. The van der Waals surface area contributed by atoms with Crippen LogP contribution < -0.4 is 9.64 Å². The van der Waals surface area contributed by atoms with Crippen LogP contribution in [0.1, 0.15) is 49.7 Å². The molecule has 0 bridgehead atoms. The minimum Gasteiger partial charge on any atom is -0.497 e. The van der Waals surface area contributed by atoms with Gasteiger partial charge in [0, 0.05) is 25.5 Å². The van der Waals surface area contributed by atoms with Crippen LogP contribution in [0.5, 0.6) is 5.75 Å². The molecule has 2 aromatic carbocycles. The average Bonchev–Trinajstić information content (AvgIpc) is 2.91. The molecule has 216 valence electrons. The third-order valence-corrected chi connectivity index (χ3v) is 8.21. The lowest BCUT2D eigenvalue weighted by molar-refractivity contribution is -0.140. The van der Waals surface area contributed by atoms with E-state index in [4.69, 9.17) is 4.74 Å². The van der Waals surface area contributed by atoms with E-state index in [1.54, 1.807) is 7.11 Å². The Hall–Kier alpha value is -3.33. The number of benzene rings is 2. The molecule has 0 spiro atoms. The largest absolute Gasteiger partial charge is 0.497 e. The third-order valence-electron chi connectivity index (χ3n) is 8.21. The van der Waals surface area contributed by atoms with E-state index in [1.807, 2.05) is 38.5 Å². The van der Waals surface area contributed by atoms with Crippen molar-refractivity contribution >= 4 is 22.6 Å². The Bertz CT molecular complexity index is 1340. The summed E-state index contributed by atoms with van der Waals surface area (Å²) in [5.74, 6) is -2.94. The number of rotatable bonds is 12. The number of hydrogen-bond donors (Lipinski definition) is 1. The molecule has 0 unspecified atom stereocenters. The van der Waals surface area contributed by atoms with Crippen LogP contribution in [-0.2, 0) is 17.6 Å². The number of ether oxygens (including phenoxy) is 1. The van der Waals surface area contributed by atoms with Crippen LogP contribution in [-0.4, -0.2) is 61.8 Å². The highest BCUT2D eigenvalue weighted by Crippen LogP contribution is 2.41. The third kappa shape index (κ3) is 7.05. The highest BCUT2D eigenvalue weighted by Gasteiger charge is 2.36. The number of fused-ring (bicyclic) bond motifs is 1. The summed E-state index contributed by atoms with van der Waals surface area (Å²) in [6.07, 6.45) is 6.77. The molecule has 0 atom stereocenters. The highest BCUT2D eigenvalue weighted by molar-refractivity contribution is 5.88. The summed E-state index contributed by atoms with van der Waals surface area (Å²) >= 11 is 0. The average molecular weight is 558 g/mol. The Morgan fingerprint density at radius 1 is 1.10 bits per heavy atom. The van der Waals surface area contributed by atoms with E-state index in [2.05, 4.69) is 14.8 Å². The number of aromatic nitrogens is 1. The standard InChI is InChI=1S/C31H38F3N3O3/c1-36(2)28-20-35-27-9-8-23(40-3)18-25(27)24(28)7-4-10-31(19-29(38)39)11-14-37(15-12-31)13-5-6-21-16-22(32)17-26(33)30(21)34/h8-9,16-18,20H,4-7,10-15,19H2,1-3H3,(H,38,39). The maximum absolute atomic E-state index is 14.0. The zero-order valence-electron chi connectivity index (χ0n) is 23.5. The van der Waals surface area contributed by atoms with E-state index >= 15 is 0 Å². The van der Waals surface area contributed by atoms with Crippen LogP contribution in [0.15, 0.2) is 36.5 Å². The van der Waals surface area contributed by atoms with Crippen LogP contribution >= 0.6 is 0 Å². The number of aryl methyl sites for hydroxylation is 2. The van der Waals surface area contributed by atoms with Crippen LogP contribution in [0.4, 0.5) is 18.9 Å². The number of carboxylic acids is 1. The minimum absolute atomic E-state index is 0.0492. The summed E-state index contributed by atoms with van der Waals surface area (Å²) < 4.78 is 46.4. The summed E-state index contributed by atoms with van der Waals surface area (Å²) in [7, 11) is 5.63. The molecule has 0 radical (unpaired) electrons. The maximum atomic E-state index is 14.0. The van der Waals surface area contributed by atoms with Crippen molar-refractivity contribution in [1.82, 2.24) is 9.88 Å². The summed E-state index contributed by atoms with van der Waals surface area (Å²) in [4.78, 5) is 20.8. The van der Waals surface area contributed by atoms with E-state index in [9.17, 15) is 23.1 Å². The molecular formula is C31H38F3N3O3. The van der Waals surface area contributed by atoms with Crippen LogP contribution in [0.3, 0.4) is 0 Å². The summed E-state index contributed by atoms with van der Waals surface area (Å²) in [6.45, 7) is 2.15. The van der Waals surface area contributed by atoms with E-state index < -0.39 is 23.4 Å². The second kappa shape index (κ2) is 12.9. The van der Waals surface area contributed by atoms with Crippen LogP contribution in [0.25, 0.3) is 10.9 Å². The van der Waals surface area contributed by atoms with E-state index in [0.29, 0.717) is 19.0 Å². The number of anilines is 1. The van der Waals surface area contributed by atoms with Crippen LogP contribution in [0.2, 0.25) is 0 Å². The highest BCUT2D eigenvalue weighted by atomic mass is 19.2. The number of carboxylic acid groups (broad SMARTS) is 1. The molecule has 1 fully saturated rings. The van der Waals surface area contributed by atoms with Gasteiger partial charge in [-0.15, -0.1) is 0 Å². The van der Waals surface area contributed by atoms with Crippen molar-refractivity contribution in [3.05, 3.63) is 65.1 Å². The van der Waals surface area contributed by atoms with E-state index in [-0.39, 0.29) is 23.8 Å². The molecular weight excluding hydrogens is 519 g/mol. The molecule has 0 aliphatic carbocycles. The number of nitrogens with zero attached hydrogens (tertiary/aromatic N) is 3. The number of pyridine rings is 1. The van der Waals surface area contributed by atoms with Crippen molar-refractivity contribution < 1.29 is 27.8 Å². The molecule has 1 N–H and O–H groups in total. The number of aliphatic carboxylic acids is 1. The van der Waals surface area contributed by atoms with E-state index in [1.165, 1.54) is 5.56 Å². The van der Waals surface area contributed by atoms with Crippen molar-refractivity contribution in [2.45, 2.75) is 51.4 Å². The zero-order chi connectivity index (χ0) is 28.9. The van der Waals surface area contributed by atoms with Gasteiger partial charge >= 0.3 is 5.97 Å². The van der Waals surface area contributed by atoms with Gasteiger partial charge in [0.2, 0.25) is 0 Å². The Kier molecular flexibility index (Phi) is 9.56. The summed E-state index contributed by atoms with van der Waals surface area (Å²) in [5, 5.41) is 10.8. The molecule has 0 saturated carbocycles. The van der Waals surface area contributed by atoms with Gasteiger partial charge in [-0.05, 0) is 105 Å². The second-order valence-corrected chi connectivity index (χ2v) is 11.1. The fourth-order valence-corrected chi connectivity index (χ4v) is 6.00. The Balaban J connectivity index is 1.39. The lowest BCUT2D eigenvalue weighted by Crippen LogP contribution is -2.41. The molecule has 3 aromatic rings. The molecule has 9 heteroatoms. The van der Waals surface area contributed by atoms with E-state index in [0.717, 1.165) is 73.6 Å². The van der Waals surface area contributed by atoms with Crippen molar-refractivity contribution in [2.75, 3.05) is 45.7 Å². The molecule has 0 amide bonds. The Labute approximate surface area is 233 Å². The van der Waals surface area contributed by atoms with Crippen LogP contribution in [0, 0.1) is 22.9 Å². The quantitative estimate of drug-likeness (QED) is 0.266. The first-order chi connectivity index (χ1) is 19.1. The Morgan fingerprint density at radius 3 is 2.52 bits per heavy atom. The molecule has 1 saturated heterocycles. The topological polar surface area (TPSA) is 65.9 Å². The number of halogens is 3. The number of piperidine rings is 1. The van der Waals surface area contributed by atoms with Gasteiger partial charge in [0.1, 0.15) is 11.6 Å². The van der Waals surface area contributed by atoms with Crippen molar-refractivity contribution in [2.24, 2.45) is 5.41 Å². The lowest BCUT2D eigenvalue weighted by atomic mass is 9.72. The summed E-state index contributed by atoms with van der Waals surface area (Å²) in [6, 6.07) is 7.48. The molecule has 40 heavy (non-hydrogen) atoms. The molecule has 1 aliphatic heterocycles. The number of likely N-dealkylation sites (tertiary alicyclic amines) is 1. The van der Waals surface area contributed by atoms with Gasteiger partial charge in [0.15, 0.2) is 11.6 Å². The van der Waals surface area contributed by atoms with Gasteiger partial charge in [-0.3, -0.25) is 9.78 Å². The smallest absolute Gasteiger partial charge is 0.303 e. The minimum atomic E-state index is -1.16. The normalized spacial score (nSPS) is 15.3. The van der Waals surface area contributed by atoms with Gasteiger partial charge in [-0.2, -0.15) is 0 Å². The van der Waals surface area contributed by atoms with Gasteiger partial charge in [-0.25, -0.2) is 13.2 Å². The maximum Gasteiger partial charge on any atom is 0.303 e. The van der Waals surface area contributed by atoms with Gasteiger partial charge < -0.3 is 19.6 Å². The van der Waals surface area contributed by atoms with Crippen molar-refractivity contribution in [1.29, 1.82) is 0 Å². The SMILES string of the molecule is COc1ccc2ncc(N(C)C)c(CCCC3(CC(=O)O)CCN(CCCc4cc(F)cc(F)c4F)CC3)c2c1. The number of methoxy groups -OCH3 is 1. The summed E-state index contributed by atoms with van der Waals surface area (Å²) in [5.41, 5.74) is 2.87. The van der Waals surface area contributed by atoms with Gasteiger partial charge in [0.05, 0.1) is 30.9 Å². The van der Waals surface area contributed by atoms with Gasteiger partial charge in [0.25, 0.3) is 0 Å². The van der Waals surface area contributed by atoms with Crippen molar-refractivity contribution in [3.63, 3.8) is 0 Å². The predicted octanol–water partition coefficient (Wildman–Crippen LogP) is 6.24. The first-order valence-corrected chi connectivity index (χ1v) is 13.8. The molecule has 4 rings (SSSR count). The first kappa shape index (κ1) is 29.6. The number of carbonyl (C=O) groups is 1. The first-order valence-electron chi connectivity index (χ1n) is 13.8. The monoisotopic (exact) mass is 557 g/mol. The predicted molar refractivity (Wildman–Crippen MR) is 151 cm³/mol. The molecule has 2 heterocycles. The Morgan fingerprint density at radius 2 is 1.85 bits per heavy atom. The number of hydrogen-bond acceptors (Lipinski definition) is 5. The fraction of sp³-hybridized carbons (Fsp3) is 0.484. The molecule has 1 aliphatic rings. The zero-order valence-corrected chi connectivity index (χ0v) is 23.5.